The lowest BCUT2D eigenvalue weighted by Gasteiger charge is -2.24. The number of benzene rings is 2. The topological polar surface area (TPSA) is 67.5 Å². The van der Waals surface area contributed by atoms with E-state index < -0.39 is 0 Å². The van der Waals surface area contributed by atoms with E-state index in [9.17, 15) is 4.79 Å². The van der Waals surface area contributed by atoms with Crippen LogP contribution in [-0.2, 0) is 6.54 Å². The van der Waals surface area contributed by atoms with Crippen LogP contribution in [0.2, 0.25) is 0 Å². The molecule has 1 aliphatic heterocycles. The van der Waals surface area contributed by atoms with Crippen molar-refractivity contribution in [3.8, 4) is 21.9 Å². The number of fused-ring (bicyclic) bond motifs is 1. The van der Waals surface area contributed by atoms with Gasteiger partial charge in [-0.15, -0.1) is 11.3 Å². The van der Waals surface area contributed by atoms with Crippen molar-refractivity contribution in [1.82, 2.24) is 14.9 Å². The molecule has 1 atom stereocenters. The standard InChI is InChI=1S/C25H25N3O3S/c1-30-18-9-5-16(6-10-18)21-4-3-13-28(21)15-23-26-20-14-22(32-24(20)25(29)27-23)17-7-11-19(31-2)12-8-17/h5-12,14,21H,3-4,13,15H2,1-2H3,(H,26,27,29). The number of hydrogen-bond donors (Lipinski definition) is 1. The molecular weight excluding hydrogens is 422 g/mol. The number of aromatic nitrogens is 2. The van der Waals surface area contributed by atoms with Gasteiger partial charge in [-0.3, -0.25) is 9.69 Å². The molecule has 2 aromatic carbocycles. The molecule has 1 unspecified atom stereocenters. The van der Waals surface area contributed by atoms with E-state index in [1.807, 2.05) is 42.5 Å². The van der Waals surface area contributed by atoms with Crippen LogP contribution in [0.15, 0.2) is 59.4 Å². The molecule has 1 fully saturated rings. The van der Waals surface area contributed by atoms with Gasteiger partial charge in [0.25, 0.3) is 5.56 Å². The molecule has 6 nitrogen and oxygen atoms in total. The third-order valence-corrected chi connectivity index (χ3v) is 7.20. The largest absolute Gasteiger partial charge is 0.497 e. The van der Waals surface area contributed by atoms with Gasteiger partial charge in [-0.1, -0.05) is 12.1 Å². The number of nitrogens with one attached hydrogen (secondary N) is 1. The number of thiophene rings is 1. The Labute approximate surface area is 190 Å². The average Bonchev–Trinajstić information content (AvgIpc) is 3.47. The summed E-state index contributed by atoms with van der Waals surface area (Å²) >= 11 is 1.47. The van der Waals surface area contributed by atoms with Crippen molar-refractivity contribution in [2.75, 3.05) is 20.8 Å². The first-order valence-corrected chi connectivity index (χ1v) is 11.5. The van der Waals surface area contributed by atoms with Crippen LogP contribution in [0.5, 0.6) is 11.5 Å². The maximum absolute atomic E-state index is 12.8. The molecule has 1 N–H and O–H groups in total. The third-order valence-electron chi connectivity index (χ3n) is 6.02. The zero-order valence-corrected chi connectivity index (χ0v) is 18.9. The average molecular weight is 448 g/mol. The molecule has 7 heteroatoms. The van der Waals surface area contributed by atoms with E-state index in [1.54, 1.807) is 14.2 Å². The molecule has 0 amide bonds. The molecule has 1 aliphatic rings. The molecule has 0 spiro atoms. The van der Waals surface area contributed by atoms with E-state index in [0.29, 0.717) is 23.1 Å². The van der Waals surface area contributed by atoms with Crippen LogP contribution in [0.1, 0.15) is 30.3 Å². The first-order valence-electron chi connectivity index (χ1n) is 10.7. The number of rotatable bonds is 6. The summed E-state index contributed by atoms with van der Waals surface area (Å²) in [5.41, 5.74) is 2.99. The number of likely N-dealkylation sites (tertiary alicyclic amines) is 1. The van der Waals surface area contributed by atoms with Crippen LogP contribution in [0.25, 0.3) is 20.7 Å². The van der Waals surface area contributed by atoms with E-state index in [0.717, 1.165) is 46.8 Å². The van der Waals surface area contributed by atoms with Crippen molar-refractivity contribution >= 4 is 21.6 Å². The number of ether oxygens (including phenoxy) is 2. The fourth-order valence-corrected chi connectivity index (χ4v) is 5.37. The summed E-state index contributed by atoms with van der Waals surface area (Å²) in [7, 11) is 3.33. The number of hydrogen-bond acceptors (Lipinski definition) is 6. The quantitative estimate of drug-likeness (QED) is 0.450. The Morgan fingerprint density at radius 3 is 2.44 bits per heavy atom. The van der Waals surface area contributed by atoms with Crippen molar-refractivity contribution in [3.63, 3.8) is 0 Å². The van der Waals surface area contributed by atoms with Crippen LogP contribution in [0.3, 0.4) is 0 Å². The van der Waals surface area contributed by atoms with Gasteiger partial charge < -0.3 is 14.5 Å². The lowest BCUT2D eigenvalue weighted by molar-refractivity contribution is 0.242. The van der Waals surface area contributed by atoms with E-state index in [4.69, 9.17) is 14.5 Å². The third kappa shape index (κ3) is 4.01. The zero-order chi connectivity index (χ0) is 22.1. The van der Waals surface area contributed by atoms with Crippen molar-refractivity contribution in [3.05, 3.63) is 76.3 Å². The second-order valence-electron chi connectivity index (χ2n) is 7.97. The number of nitrogens with zero attached hydrogens (tertiary/aromatic N) is 2. The van der Waals surface area contributed by atoms with Crippen LogP contribution >= 0.6 is 11.3 Å². The molecule has 0 saturated carbocycles. The van der Waals surface area contributed by atoms with Gasteiger partial charge in [0, 0.05) is 10.9 Å². The summed E-state index contributed by atoms with van der Waals surface area (Å²) in [5, 5.41) is 0. The number of aromatic amines is 1. The maximum atomic E-state index is 12.8. The molecule has 3 heterocycles. The minimum atomic E-state index is -0.0741. The predicted octanol–water partition coefficient (Wildman–Crippen LogP) is 5.01. The SMILES string of the molecule is COc1ccc(-c2cc3nc(CN4CCCC4c4ccc(OC)cc4)[nH]c(=O)c3s2)cc1. The minimum absolute atomic E-state index is 0.0741. The summed E-state index contributed by atoms with van der Waals surface area (Å²) in [6, 6.07) is 18.4. The van der Waals surface area contributed by atoms with Crippen molar-refractivity contribution < 1.29 is 9.47 Å². The summed E-state index contributed by atoms with van der Waals surface area (Å²) in [6.45, 7) is 1.61. The van der Waals surface area contributed by atoms with Gasteiger partial charge in [0.15, 0.2) is 0 Å². The smallest absolute Gasteiger partial charge is 0.268 e. The molecule has 4 aromatic rings. The van der Waals surface area contributed by atoms with Crippen LogP contribution < -0.4 is 15.0 Å². The Hall–Kier alpha value is -3.16. The Bertz CT molecular complexity index is 1280. The normalized spacial score (nSPS) is 16.5. The highest BCUT2D eigenvalue weighted by molar-refractivity contribution is 7.22. The molecule has 2 aromatic heterocycles. The summed E-state index contributed by atoms with van der Waals surface area (Å²) in [4.78, 5) is 24.0. The highest BCUT2D eigenvalue weighted by atomic mass is 32.1. The number of methoxy groups -OCH3 is 2. The zero-order valence-electron chi connectivity index (χ0n) is 18.1. The van der Waals surface area contributed by atoms with Gasteiger partial charge >= 0.3 is 0 Å². The van der Waals surface area contributed by atoms with E-state index in [2.05, 4.69) is 22.0 Å². The minimum Gasteiger partial charge on any atom is -0.497 e. The first kappa shape index (κ1) is 20.7. The van der Waals surface area contributed by atoms with Gasteiger partial charge in [-0.05, 0) is 73.0 Å². The lowest BCUT2D eigenvalue weighted by Crippen LogP contribution is -2.25. The number of H-pyrrole nitrogens is 1. The van der Waals surface area contributed by atoms with Crippen molar-refractivity contribution in [2.24, 2.45) is 0 Å². The van der Waals surface area contributed by atoms with Crippen LogP contribution in [-0.4, -0.2) is 35.6 Å². The van der Waals surface area contributed by atoms with Gasteiger partial charge in [0.2, 0.25) is 0 Å². The summed E-state index contributed by atoms with van der Waals surface area (Å²) in [5.74, 6) is 2.38. The van der Waals surface area contributed by atoms with Gasteiger partial charge in [0.05, 0.1) is 26.3 Å². The van der Waals surface area contributed by atoms with Gasteiger partial charge in [-0.25, -0.2) is 4.98 Å². The fourth-order valence-electron chi connectivity index (χ4n) is 4.37. The van der Waals surface area contributed by atoms with E-state index in [1.165, 1.54) is 16.9 Å². The fraction of sp³-hybridized carbons (Fsp3) is 0.280. The Morgan fingerprint density at radius 2 is 1.75 bits per heavy atom. The molecule has 164 valence electrons. The molecule has 1 saturated heterocycles. The molecule has 0 bridgehead atoms. The van der Waals surface area contributed by atoms with Gasteiger partial charge in [0.1, 0.15) is 22.0 Å². The van der Waals surface area contributed by atoms with Crippen LogP contribution in [0, 0.1) is 0 Å². The van der Waals surface area contributed by atoms with Crippen LogP contribution in [0.4, 0.5) is 0 Å². The van der Waals surface area contributed by atoms with Crippen molar-refractivity contribution in [1.29, 1.82) is 0 Å². The Balaban J connectivity index is 1.40. The molecule has 32 heavy (non-hydrogen) atoms. The first-order chi connectivity index (χ1) is 15.6. The van der Waals surface area contributed by atoms with E-state index in [-0.39, 0.29) is 5.56 Å². The predicted molar refractivity (Wildman–Crippen MR) is 128 cm³/mol. The van der Waals surface area contributed by atoms with E-state index >= 15 is 0 Å². The lowest BCUT2D eigenvalue weighted by atomic mass is 10.0. The Kier molecular flexibility index (Phi) is 5.68. The second kappa shape index (κ2) is 8.76. The highest BCUT2D eigenvalue weighted by Gasteiger charge is 2.27. The van der Waals surface area contributed by atoms with Crippen molar-refractivity contribution in [2.45, 2.75) is 25.4 Å². The molecule has 5 rings (SSSR count). The molecular formula is C25H25N3O3S. The monoisotopic (exact) mass is 447 g/mol. The molecule has 0 aliphatic carbocycles. The maximum Gasteiger partial charge on any atom is 0.268 e. The second-order valence-corrected chi connectivity index (χ2v) is 9.02. The Morgan fingerprint density at radius 1 is 1.06 bits per heavy atom. The molecule has 0 radical (unpaired) electrons. The van der Waals surface area contributed by atoms with Gasteiger partial charge in [-0.2, -0.15) is 0 Å². The summed E-state index contributed by atoms with van der Waals surface area (Å²) < 4.78 is 11.2. The summed E-state index contributed by atoms with van der Waals surface area (Å²) in [6.07, 6.45) is 2.22. The highest BCUT2D eigenvalue weighted by Crippen LogP contribution is 2.35.